The number of hydrogen-bond acceptors (Lipinski definition) is 4. The topological polar surface area (TPSA) is 18.5 Å². The van der Waals surface area contributed by atoms with Crippen LogP contribution in [0.1, 0.15) is 9.75 Å². The van der Waals surface area contributed by atoms with Crippen LogP contribution in [0.4, 0.5) is 13.2 Å². The minimum Gasteiger partial charge on any atom is -0.311 e. The molecule has 120 valence electrons. The van der Waals surface area contributed by atoms with Crippen LogP contribution in [-0.2, 0) is 6.54 Å². The highest BCUT2D eigenvalue weighted by Crippen LogP contribution is 2.17. The first-order valence-electron chi connectivity index (χ1n) is 7.20. The van der Waals surface area contributed by atoms with Gasteiger partial charge in [0.15, 0.2) is 0 Å². The molecule has 0 saturated carbocycles. The summed E-state index contributed by atoms with van der Waals surface area (Å²) in [7, 11) is 0. The van der Waals surface area contributed by atoms with E-state index in [0.717, 1.165) is 32.7 Å². The van der Waals surface area contributed by atoms with E-state index in [4.69, 9.17) is 0 Å². The minimum atomic E-state index is -4.08. The summed E-state index contributed by atoms with van der Waals surface area (Å²) in [4.78, 5) is 6.34. The number of aryl methyl sites for hydroxylation is 1. The van der Waals surface area contributed by atoms with Crippen LogP contribution in [0.3, 0.4) is 0 Å². The molecule has 0 unspecified atom stereocenters. The molecule has 0 aliphatic carbocycles. The highest BCUT2D eigenvalue weighted by molar-refractivity contribution is 7.11. The van der Waals surface area contributed by atoms with Gasteiger partial charge in [-0.2, -0.15) is 13.2 Å². The van der Waals surface area contributed by atoms with Gasteiger partial charge in [0.2, 0.25) is 0 Å². The minimum absolute atomic E-state index is 0.504. The molecule has 2 heterocycles. The molecule has 0 bridgehead atoms. The predicted molar refractivity (Wildman–Crippen MR) is 79.7 cm³/mol. The summed E-state index contributed by atoms with van der Waals surface area (Å²) in [6.45, 7) is 6.39. The van der Waals surface area contributed by atoms with Gasteiger partial charge in [0.1, 0.15) is 0 Å². The van der Waals surface area contributed by atoms with Crippen molar-refractivity contribution < 1.29 is 13.2 Å². The summed E-state index contributed by atoms with van der Waals surface area (Å²) < 4.78 is 36.9. The van der Waals surface area contributed by atoms with Crippen LogP contribution in [0.15, 0.2) is 12.1 Å². The zero-order chi connectivity index (χ0) is 15.3. The summed E-state index contributed by atoms with van der Waals surface area (Å²) in [5.74, 6) is 0. The third-order valence-electron chi connectivity index (χ3n) is 3.57. The molecule has 21 heavy (non-hydrogen) atoms. The van der Waals surface area contributed by atoms with Crippen LogP contribution in [0.25, 0.3) is 0 Å². The van der Waals surface area contributed by atoms with Crippen molar-refractivity contribution in [2.75, 3.05) is 45.8 Å². The van der Waals surface area contributed by atoms with Crippen molar-refractivity contribution >= 4 is 11.3 Å². The first kappa shape index (κ1) is 16.7. The number of piperazine rings is 1. The van der Waals surface area contributed by atoms with Gasteiger partial charge in [-0.3, -0.25) is 9.80 Å². The number of halogens is 3. The molecule has 1 aromatic rings. The maximum Gasteiger partial charge on any atom is 0.401 e. The Labute approximate surface area is 127 Å². The van der Waals surface area contributed by atoms with Gasteiger partial charge in [-0.1, -0.05) is 0 Å². The molecule has 0 spiro atoms. The molecule has 1 aliphatic rings. The Hall–Kier alpha value is -0.630. The molecule has 1 aliphatic heterocycles. The van der Waals surface area contributed by atoms with E-state index in [2.05, 4.69) is 29.3 Å². The van der Waals surface area contributed by atoms with Gasteiger partial charge >= 0.3 is 6.18 Å². The van der Waals surface area contributed by atoms with E-state index in [9.17, 15) is 13.2 Å². The number of hydrogen-bond donors (Lipinski definition) is 1. The number of rotatable bonds is 6. The van der Waals surface area contributed by atoms with Crippen molar-refractivity contribution in [3.63, 3.8) is 0 Å². The van der Waals surface area contributed by atoms with Gasteiger partial charge in [-0.15, -0.1) is 11.3 Å². The molecule has 1 fully saturated rings. The van der Waals surface area contributed by atoms with Crippen LogP contribution in [-0.4, -0.2) is 61.8 Å². The quantitative estimate of drug-likeness (QED) is 0.811. The molecule has 3 nitrogen and oxygen atoms in total. The van der Waals surface area contributed by atoms with Crippen molar-refractivity contribution in [3.8, 4) is 0 Å². The van der Waals surface area contributed by atoms with Crippen LogP contribution in [0.5, 0.6) is 0 Å². The van der Waals surface area contributed by atoms with Crippen molar-refractivity contribution in [1.29, 1.82) is 0 Å². The molecular weight excluding hydrogens is 299 g/mol. The Morgan fingerprint density at radius 2 is 1.81 bits per heavy atom. The Bertz CT molecular complexity index is 425. The fraction of sp³-hybridized carbons (Fsp3) is 0.714. The first-order valence-corrected chi connectivity index (χ1v) is 8.01. The molecule has 1 saturated heterocycles. The number of nitrogens with one attached hydrogen (secondary N) is 1. The summed E-state index contributed by atoms with van der Waals surface area (Å²) in [5, 5.41) is 3.39. The molecule has 0 atom stereocenters. The Morgan fingerprint density at radius 3 is 2.38 bits per heavy atom. The zero-order valence-corrected chi connectivity index (χ0v) is 13.1. The normalized spacial score (nSPS) is 18.3. The fourth-order valence-corrected chi connectivity index (χ4v) is 3.31. The summed E-state index contributed by atoms with van der Waals surface area (Å²) in [5.41, 5.74) is 0. The van der Waals surface area contributed by atoms with Gasteiger partial charge in [-0.25, -0.2) is 0 Å². The van der Waals surface area contributed by atoms with Crippen molar-refractivity contribution in [2.45, 2.75) is 19.6 Å². The standard InChI is InChI=1S/C14H22F3N3S/c1-12-2-3-13(21-12)10-18-4-5-19-6-8-20(9-7-19)11-14(15,16)17/h2-3,18H,4-11H2,1H3. The lowest BCUT2D eigenvalue weighted by Gasteiger charge is -2.34. The van der Waals surface area contributed by atoms with Gasteiger partial charge in [0.05, 0.1) is 6.54 Å². The SMILES string of the molecule is Cc1ccc(CNCCN2CCN(CC(F)(F)F)CC2)s1. The highest BCUT2D eigenvalue weighted by atomic mass is 32.1. The van der Waals surface area contributed by atoms with Gasteiger partial charge in [0, 0.05) is 55.6 Å². The van der Waals surface area contributed by atoms with Gasteiger partial charge in [-0.05, 0) is 19.1 Å². The maximum absolute atomic E-state index is 12.3. The number of thiophene rings is 1. The third kappa shape index (κ3) is 6.34. The molecule has 2 rings (SSSR count). The average Bonchev–Trinajstić information content (AvgIpc) is 2.81. The monoisotopic (exact) mass is 321 g/mol. The largest absolute Gasteiger partial charge is 0.401 e. The molecule has 1 N–H and O–H groups in total. The van der Waals surface area contributed by atoms with E-state index in [1.165, 1.54) is 14.7 Å². The second-order valence-corrected chi connectivity index (χ2v) is 6.79. The van der Waals surface area contributed by atoms with Crippen LogP contribution in [0.2, 0.25) is 0 Å². The molecular formula is C14H22F3N3S. The molecule has 0 aromatic carbocycles. The number of alkyl halides is 3. The van der Waals surface area contributed by atoms with E-state index in [0.29, 0.717) is 13.1 Å². The van der Waals surface area contributed by atoms with E-state index in [1.807, 2.05) is 0 Å². The van der Waals surface area contributed by atoms with Gasteiger partial charge in [0.25, 0.3) is 0 Å². The summed E-state index contributed by atoms with van der Waals surface area (Å²) in [6.07, 6.45) is -4.08. The second kappa shape index (κ2) is 7.58. The lowest BCUT2D eigenvalue weighted by Crippen LogP contribution is -2.50. The van der Waals surface area contributed by atoms with Crippen molar-refractivity contribution in [3.05, 3.63) is 21.9 Å². The first-order chi connectivity index (χ1) is 9.92. The zero-order valence-electron chi connectivity index (χ0n) is 12.2. The number of nitrogens with zero attached hydrogens (tertiary/aromatic N) is 2. The third-order valence-corrected chi connectivity index (χ3v) is 4.57. The lowest BCUT2D eigenvalue weighted by atomic mass is 10.3. The summed E-state index contributed by atoms with van der Waals surface area (Å²) in [6, 6.07) is 4.24. The van der Waals surface area contributed by atoms with E-state index >= 15 is 0 Å². The molecule has 0 radical (unpaired) electrons. The summed E-state index contributed by atoms with van der Waals surface area (Å²) >= 11 is 1.79. The second-order valence-electron chi connectivity index (χ2n) is 5.42. The van der Waals surface area contributed by atoms with Gasteiger partial charge < -0.3 is 5.32 Å². The van der Waals surface area contributed by atoms with Crippen molar-refractivity contribution in [2.24, 2.45) is 0 Å². The van der Waals surface area contributed by atoms with Crippen LogP contribution < -0.4 is 5.32 Å². The Morgan fingerprint density at radius 1 is 1.14 bits per heavy atom. The lowest BCUT2D eigenvalue weighted by molar-refractivity contribution is -0.149. The smallest absolute Gasteiger partial charge is 0.311 e. The van der Waals surface area contributed by atoms with E-state index in [1.54, 1.807) is 11.3 Å². The maximum atomic E-state index is 12.3. The highest BCUT2D eigenvalue weighted by Gasteiger charge is 2.31. The van der Waals surface area contributed by atoms with Crippen molar-refractivity contribution in [1.82, 2.24) is 15.1 Å². The molecule has 1 aromatic heterocycles. The molecule has 0 amide bonds. The fourth-order valence-electron chi connectivity index (χ4n) is 2.45. The Balaban J connectivity index is 1.57. The predicted octanol–water partition coefficient (Wildman–Crippen LogP) is 2.33. The van der Waals surface area contributed by atoms with E-state index in [-0.39, 0.29) is 0 Å². The van der Waals surface area contributed by atoms with Crippen LogP contribution in [0, 0.1) is 6.92 Å². The van der Waals surface area contributed by atoms with Crippen LogP contribution >= 0.6 is 11.3 Å². The molecule has 7 heteroatoms. The van der Waals surface area contributed by atoms with E-state index < -0.39 is 12.7 Å². The average molecular weight is 321 g/mol. The Kier molecular flexibility index (Phi) is 6.04.